The maximum absolute atomic E-state index is 5.92. The minimum atomic E-state index is -0.0848. The highest BCUT2D eigenvalue weighted by Gasteiger charge is 2.42. The van der Waals surface area contributed by atoms with Gasteiger partial charge >= 0.3 is 0 Å². The molecule has 1 N–H and O–H groups in total. The first kappa shape index (κ1) is 24.1. The summed E-state index contributed by atoms with van der Waals surface area (Å²) in [7, 11) is 0. The van der Waals surface area contributed by atoms with Crippen LogP contribution in [0.1, 0.15) is 52.8 Å². The van der Waals surface area contributed by atoms with Crippen LogP contribution in [0.2, 0.25) is 0 Å². The molecule has 5 nitrogen and oxygen atoms in total. The molecular weight excluding hydrogens is 464 g/mol. The molecule has 2 aromatic carbocycles. The van der Waals surface area contributed by atoms with E-state index in [0.717, 1.165) is 17.1 Å². The highest BCUT2D eigenvalue weighted by molar-refractivity contribution is 7.80. The van der Waals surface area contributed by atoms with Gasteiger partial charge in [-0.2, -0.15) is 0 Å². The molecule has 2 unspecified atom stereocenters. The van der Waals surface area contributed by atoms with Crippen LogP contribution >= 0.6 is 12.2 Å². The van der Waals surface area contributed by atoms with Crippen molar-refractivity contribution in [2.45, 2.75) is 46.7 Å². The van der Waals surface area contributed by atoms with Crippen molar-refractivity contribution in [3.63, 3.8) is 0 Å². The van der Waals surface area contributed by atoms with Gasteiger partial charge in [0.05, 0.1) is 24.4 Å². The Kier molecular flexibility index (Phi) is 6.54. The zero-order chi connectivity index (χ0) is 25.4. The van der Waals surface area contributed by atoms with Gasteiger partial charge in [0.25, 0.3) is 0 Å². The summed E-state index contributed by atoms with van der Waals surface area (Å²) in [6.07, 6.45) is 1.84. The Balaban J connectivity index is 1.65. The van der Waals surface area contributed by atoms with Crippen LogP contribution in [-0.2, 0) is 0 Å². The van der Waals surface area contributed by atoms with Crippen molar-refractivity contribution in [1.29, 1.82) is 0 Å². The summed E-state index contributed by atoms with van der Waals surface area (Å²) in [4.78, 5) is 6.92. The van der Waals surface area contributed by atoms with E-state index in [1.165, 1.54) is 33.8 Å². The molecule has 6 heteroatoms. The van der Waals surface area contributed by atoms with E-state index in [4.69, 9.17) is 21.9 Å². The average Bonchev–Trinajstić information content (AvgIpc) is 3.35. The highest BCUT2D eigenvalue weighted by Crippen LogP contribution is 2.44. The minimum absolute atomic E-state index is 0.0591. The fourth-order valence-corrected chi connectivity index (χ4v) is 5.73. The Morgan fingerprint density at radius 2 is 1.64 bits per heavy atom. The van der Waals surface area contributed by atoms with Gasteiger partial charge in [-0.1, -0.05) is 12.1 Å². The topological polar surface area (TPSA) is 42.3 Å². The number of anilines is 1. The Morgan fingerprint density at radius 3 is 2.28 bits per heavy atom. The Hall–Kier alpha value is -3.64. The Morgan fingerprint density at radius 1 is 0.917 bits per heavy atom. The lowest BCUT2D eigenvalue weighted by Gasteiger charge is -2.28. The number of nitrogens with zero attached hydrogens (tertiary/aromatic N) is 3. The number of nitrogens with one attached hydrogen (secondary N) is 1. The van der Waals surface area contributed by atoms with Gasteiger partial charge in [0.1, 0.15) is 5.75 Å². The lowest BCUT2D eigenvalue weighted by Crippen LogP contribution is -2.29. The van der Waals surface area contributed by atoms with Crippen LogP contribution in [0, 0.1) is 27.7 Å². The van der Waals surface area contributed by atoms with Crippen molar-refractivity contribution in [2.24, 2.45) is 0 Å². The molecule has 2 atom stereocenters. The Labute approximate surface area is 218 Å². The molecule has 1 aliphatic heterocycles. The molecule has 1 fully saturated rings. The maximum atomic E-state index is 5.92. The van der Waals surface area contributed by atoms with Gasteiger partial charge in [-0.25, -0.2) is 0 Å². The van der Waals surface area contributed by atoms with E-state index in [9.17, 15) is 0 Å². The van der Waals surface area contributed by atoms with Gasteiger partial charge in [-0.05, 0) is 118 Å². The molecule has 3 heterocycles. The van der Waals surface area contributed by atoms with Crippen molar-refractivity contribution in [2.75, 3.05) is 11.5 Å². The standard InChI is InChI=1S/C30H32N4OS/c1-6-35-25-12-10-23(11-13-25)34-29(28(32-30(34)36)27-9-7-8-14-31-27)26-18-21(4)33(22(26)5)24-16-19(2)15-20(3)17-24/h7-18,28-29H,6H2,1-5H3,(H,32,36). The monoisotopic (exact) mass is 496 g/mol. The maximum Gasteiger partial charge on any atom is 0.174 e. The molecule has 0 aliphatic carbocycles. The van der Waals surface area contributed by atoms with Crippen molar-refractivity contribution in [3.8, 4) is 11.4 Å². The molecule has 1 saturated heterocycles. The van der Waals surface area contributed by atoms with E-state index in [1.54, 1.807) is 0 Å². The first-order valence-corrected chi connectivity index (χ1v) is 12.8. The van der Waals surface area contributed by atoms with Gasteiger partial charge < -0.3 is 19.5 Å². The van der Waals surface area contributed by atoms with E-state index in [1.807, 2.05) is 37.4 Å². The molecule has 5 rings (SSSR count). The Bertz CT molecular complexity index is 1370. The van der Waals surface area contributed by atoms with Gasteiger partial charge in [-0.3, -0.25) is 4.98 Å². The fourth-order valence-electron chi connectivity index (χ4n) is 5.38. The molecule has 2 aromatic heterocycles. The van der Waals surface area contributed by atoms with E-state index < -0.39 is 0 Å². The molecule has 0 bridgehead atoms. The van der Waals surface area contributed by atoms with Crippen LogP contribution in [0.25, 0.3) is 5.69 Å². The van der Waals surface area contributed by atoms with Crippen molar-refractivity contribution in [1.82, 2.24) is 14.9 Å². The van der Waals surface area contributed by atoms with E-state index in [-0.39, 0.29) is 12.1 Å². The highest BCUT2D eigenvalue weighted by atomic mass is 32.1. The van der Waals surface area contributed by atoms with Crippen LogP contribution in [-0.4, -0.2) is 21.3 Å². The van der Waals surface area contributed by atoms with E-state index in [2.05, 4.69) is 84.9 Å². The van der Waals surface area contributed by atoms with Crippen LogP contribution in [0.3, 0.4) is 0 Å². The molecule has 4 aromatic rings. The zero-order valence-electron chi connectivity index (χ0n) is 21.4. The first-order valence-electron chi connectivity index (χ1n) is 12.4. The smallest absolute Gasteiger partial charge is 0.174 e. The second-order valence-electron chi connectivity index (χ2n) is 9.43. The van der Waals surface area contributed by atoms with Crippen LogP contribution < -0.4 is 15.0 Å². The number of pyridine rings is 1. The third-order valence-corrected chi connectivity index (χ3v) is 7.09. The largest absolute Gasteiger partial charge is 0.494 e. The van der Waals surface area contributed by atoms with Crippen molar-refractivity contribution >= 4 is 23.0 Å². The molecule has 0 saturated carbocycles. The summed E-state index contributed by atoms with van der Waals surface area (Å²) in [5.41, 5.74) is 9.30. The molecule has 0 radical (unpaired) electrons. The predicted octanol–water partition coefficient (Wildman–Crippen LogP) is 6.68. The number of hydrogen-bond donors (Lipinski definition) is 1. The fraction of sp³-hybridized carbons (Fsp3) is 0.267. The second-order valence-corrected chi connectivity index (χ2v) is 9.82. The summed E-state index contributed by atoms with van der Waals surface area (Å²) in [6.45, 7) is 11.3. The van der Waals surface area contributed by atoms with Crippen molar-refractivity contribution in [3.05, 3.63) is 107 Å². The minimum Gasteiger partial charge on any atom is -0.494 e. The lowest BCUT2D eigenvalue weighted by molar-refractivity contribution is 0.340. The zero-order valence-corrected chi connectivity index (χ0v) is 22.3. The summed E-state index contributed by atoms with van der Waals surface area (Å²) in [6, 6.07) is 23.1. The van der Waals surface area contributed by atoms with E-state index in [0.29, 0.717) is 11.7 Å². The summed E-state index contributed by atoms with van der Waals surface area (Å²) in [5.74, 6) is 0.852. The molecular formula is C30H32N4OS. The van der Waals surface area contributed by atoms with Crippen LogP contribution in [0.4, 0.5) is 5.69 Å². The number of hydrogen-bond acceptors (Lipinski definition) is 3. The average molecular weight is 497 g/mol. The summed E-state index contributed by atoms with van der Waals surface area (Å²) < 4.78 is 8.03. The number of ether oxygens (including phenoxy) is 1. The van der Waals surface area contributed by atoms with E-state index >= 15 is 0 Å². The molecule has 36 heavy (non-hydrogen) atoms. The molecule has 0 spiro atoms. The summed E-state index contributed by atoms with van der Waals surface area (Å²) >= 11 is 5.92. The lowest BCUT2D eigenvalue weighted by atomic mass is 9.96. The second kappa shape index (κ2) is 9.78. The van der Waals surface area contributed by atoms with Crippen LogP contribution in [0.15, 0.2) is 72.9 Å². The third-order valence-electron chi connectivity index (χ3n) is 6.78. The number of rotatable bonds is 6. The number of benzene rings is 2. The predicted molar refractivity (Wildman–Crippen MR) is 150 cm³/mol. The van der Waals surface area contributed by atoms with Crippen molar-refractivity contribution < 1.29 is 4.74 Å². The normalized spacial score (nSPS) is 17.4. The summed E-state index contributed by atoms with van der Waals surface area (Å²) in [5, 5.41) is 4.27. The first-order chi connectivity index (χ1) is 17.4. The molecule has 0 amide bonds. The quantitative estimate of drug-likeness (QED) is 0.302. The van der Waals surface area contributed by atoms with Gasteiger partial charge in [0.2, 0.25) is 0 Å². The number of aryl methyl sites for hydroxylation is 3. The van der Waals surface area contributed by atoms with Gasteiger partial charge in [-0.15, -0.1) is 0 Å². The van der Waals surface area contributed by atoms with Gasteiger partial charge in [0, 0.05) is 29.0 Å². The number of aromatic nitrogens is 2. The number of thiocarbonyl (C=S) groups is 1. The molecule has 1 aliphatic rings. The van der Waals surface area contributed by atoms with Crippen LogP contribution in [0.5, 0.6) is 5.75 Å². The van der Waals surface area contributed by atoms with Gasteiger partial charge in [0.15, 0.2) is 5.11 Å². The molecule has 184 valence electrons. The third kappa shape index (κ3) is 4.37. The SMILES string of the molecule is CCOc1ccc(N2C(=S)NC(c3ccccn3)C2c2cc(C)n(-c3cc(C)cc(C)c3)c2C)cc1.